The van der Waals surface area contributed by atoms with Gasteiger partial charge in [0.25, 0.3) is 0 Å². The molecule has 1 saturated heterocycles. The minimum Gasteiger partial charge on any atom is -0.490 e. The summed E-state index contributed by atoms with van der Waals surface area (Å²) in [6.07, 6.45) is 3.32. The normalized spacial score (nSPS) is 14.7. The second-order valence-corrected chi connectivity index (χ2v) is 8.49. The lowest BCUT2D eigenvalue weighted by atomic mass is 10.2. The number of rotatable bonds is 14. The fraction of sp³-hybridized carbons (Fsp3) is 0.519. The average Bonchev–Trinajstić information content (AvgIpc) is 2.84. The number of unbranched alkanes of at least 4 members (excludes halogenated alkanes) is 1. The van der Waals surface area contributed by atoms with Crippen LogP contribution in [0.2, 0.25) is 0 Å². The number of piperazine rings is 1. The number of nitrogens with zero attached hydrogens (tertiary/aromatic N) is 2. The Morgan fingerprint density at radius 1 is 0.848 bits per heavy atom. The van der Waals surface area contributed by atoms with Crippen LogP contribution in [0.15, 0.2) is 54.6 Å². The molecule has 0 atom stereocenters. The maximum absolute atomic E-state index is 12.1. The zero-order valence-corrected chi connectivity index (χ0v) is 20.0. The van der Waals surface area contributed by atoms with Crippen LogP contribution in [0.3, 0.4) is 0 Å². The number of ether oxygens (including phenoxy) is 2. The Labute approximate surface area is 198 Å². The van der Waals surface area contributed by atoms with E-state index in [0.717, 1.165) is 70.2 Å². The lowest BCUT2D eigenvalue weighted by Gasteiger charge is -2.34. The van der Waals surface area contributed by atoms with Gasteiger partial charge in [-0.05, 0) is 50.4 Å². The number of nitrogens with one attached hydrogen (secondary N) is 1. The predicted molar refractivity (Wildman–Crippen MR) is 133 cm³/mol. The number of hydrogen-bond donors (Lipinski definition) is 1. The molecule has 6 nitrogen and oxygen atoms in total. The molecule has 1 aliphatic rings. The summed E-state index contributed by atoms with van der Waals surface area (Å²) in [5.74, 6) is 1.59. The average molecular weight is 454 g/mol. The van der Waals surface area contributed by atoms with Gasteiger partial charge < -0.3 is 19.7 Å². The number of benzene rings is 2. The predicted octanol–water partition coefficient (Wildman–Crippen LogP) is 3.96. The summed E-state index contributed by atoms with van der Waals surface area (Å²) in [7, 11) is 0. The molecule has 0 aliphatic carbocycles. The standard InChI is InChI=1S/C27H39N3O3/c1-2-32-25-13-6-7-14-26(25)33-22-10-15-27(31)28-16-8-9-17-29-18-20-30(21-19-29)23-24-11-4-3-5-12-24/h3-7,11-14H,2,8-10,15-23H2,1H3,(H,28,31). The van der Waals surface area contributed by atoms with Crippen molar-refractivity contribution < 1.29 is 14.3 Å². The third kappa shape index (κ3) is 9.44. The van der Waals surface area contributed by atoms with Gasteiger partial charge in [-0.3, -0.25) is 9.69 Å². The monoisotopic (exact) mass is 453 g/mol. The first-order valence-corrected chi connectivity index (χ1v) is 12.3. The first-order valence-electron chi connectivity index (χ1n) is 12.3. The van der Waals surface area contributed by atoms with Gasteiger partial charge in [-0.2, -0.15) is 0 Å². The van der Waals surface area contributed by atoms with Crippen molar-refractivity contribution in [2.45, 2.75) is 39.2 Å². The molecule has 1 heterocycles. The van der Waals surface area contributed by atoms with Crippen molar-refractivity contribution in [3.8, 4) is 11.5 Å². The molecule has 2 aromatic carbocycles. The SMILES string of the molecule is CCOc1ccccc1OCCCC(=O)NCCCCN1CCN(Cc2ccccc2)CC1. The van der Waals surface area contributed by atoms with Gasteiger partial charge in [-0.15, -0.1) is 0 Å². The molecule has 0 spiro atoms. The second-order valence-electron chi connectivity index (χ2n) is 8.49. The summed E-state index contributed by atoms with van der Waals surface area (Å²) in [5.41, 5.74) is 1.39. The minimum absolute atomic E-state index is 0.103. The Bertz CT molecular complexity index is 807. The Morgan fingerprint density at radius 3 is 2.24 bits per heavy atom. The third-order valence-corrected chi connectivity index (χ3v) is 5.89. The van der Waals surface area contributed by atoms with Crippen LogP contribution < -0.4 is 14.8 Å². The van der Waals surface area contributed by atoms with Crippen LogP contribution in [0.5, 0.6) is 11.5 Å². The summed E-state index contributed by atoms with van der Waals surface area (Å²) in [6, 6.07) is 18.4. The molecule has 180 valence electrons. The van der Waals surface area contributed by atoms with Gasteiger partial charge in [0, 0.05) is 45.7 Å². The van der Waals surface area contributed by atoms with Gasteiger partial charge in [0.1, 0.15) is 0 Å². The van der Waals surface area contributed by atoms with Crippen LogP contribution in [-0.4, -0.2) is 68.2 Å². The number of amides is 1. The van der Waals surface area contributed by atoms with Crippen molar-refractivity contribution in [1.29, 1.82) is 0 Å². The molecule has 0 bridgehead atoms. The van der Waals surface area contributed by atoms with E-state index in [9.17, 15) is 4.79 Å². The highest BCUT2D eigenvalue weighted by Crippen LogP contribution is 2.26. The highest BCUT2D eigenvalue weighted by Gasteiger charge is 2.16. The Morgan fingerprint density at radius 2 is 1.52 bits per heavy atom. The van der Waals surface area contributed by atoms with E-state index in [-0.39, 0.29) is 5.91 Å². The van der Waals surface area contributed by atoms with Gasteiger partial charge >= 0.3 is 0 Å². The van der Waals surface area contributed by atoms with Crippen molar-refractivity contribution in [3.05, 3.63) is 60.2 Å². The maximum atomic E-state index is 12.1. The van der Waals surface area contributed by atoms with Crippen molar-refractivity contribution >= 4 is 5.91 Å². The summed E-state index contributed by atoms with van der Waals surface area (Å²) in [5, 5.41) is 3.04. The van der Waals surface area contributed by atoms with Gasteiger partial charge in [0.2, 0.25) is 5.91 Å². The number of carbonyl (C=O) groups is 1. The first kappa shape index (κ1) is 25.1. The summed E-state index contributed by atoms with van der Waals surface area (Å²) >= 11 is 0. The largest absolute Gasteiger partial charge is 0.490 e. The summed E-state index contributed by atoms with van der Waals surface area (Å²) < 4.78 is 11.3. The van der Waals surface area contributed by atoms with Gasteiger partial charge in [0.05, 0.1) is 13.2 Å². The molecule has 1 fully saturated rings. The van der Waals surface area contributed by atoms with E-state index in [2.05, 4.69) is 45.4 Å². The molecule has 2 aromatic rings. The lowest BCUT2D eigenvalue weighted by molar-refractivity contribution is -0.121. The third-order valence-electron chi connectivity index (χ3n) is 5.89. The Kier molecular flexibility index (Phi) is 11.1. The smallest absolute Gasteiger partial charge is 0.220 e. The molecule has 0 radical (unpaired) electrons. The lowest BCUT2D eigenvalue weighted by Crippen LogP contribution is -2.46. The first-order chi connectivity index (χ1) is 16.2. The summed E-state index contributed by atoms with van der Waals surface area (Å²) in [4.78, 5) is 17.1. The number of carbonyl (C=O) groups excluding carboxylic acids is 1. The molecular formula is C27H39N3O3. The quantitative estimate of drug-likeness (QED) is 0.439. The van der Waals surface area contributed by atoms with Crippen molar-refractivity contribution in [3.63, 3.8) is 0 Å². The van der Waals surface area contributed by atoms with E-state index < -0.39 is 0 Å². The zero-order valence-electron chi connectivity index (χ0n) is 20.0. The fourth-order valence-electron chi connectivity index (χ4n) is 4.05. The van der Waals surface area contributed by atoms with Gasteiger partial charge in [-0.25, -0.2) is 0 Å². The van der Waals surface area contributed by atoms with Crippen LogP contribution in [0, 0.1) is 0 Å². The second kappa shape index (κ2) is 14.6. The van der Waals surface area contributed by atoms with E-state index in [1.807, 2.05) is 31.2 Å². The van der Waals surface area contributed by atoms with E-state index >= 15 is 0 Å². The van der Waals surface area contributed by atoms with Gasteiger partial charge in [0.15, 0.2) is 11.5 Å². The van der Waals surface area contributed by atoms with Crippen LogP contribution >= 0.6 is 0 Å². The molecule has 3 rings (SSSR count). The van der Waals surface area contributed by atoms with Crippen LogP contribution in [0.1, 0.15) is 38.2 Å². The molecule has 0 unspecified atom stereocenters. The molecule has 1 aliphatic heterocycles. The highest BCUT2D eigenvalue weighted by atomic mass is 16.5. The van der Waals surface area contributed by atoms with Crippen LogP contribution in [0.4, 0.5) is 0 Å². The topological polar surface area (TPSA) is 54.0 Å². The molecule has 1 amide bonds. The summed E-state index contributed by atoms with van der Waals surface area (Å²) in [6.45, 7) is 10.5. The maximum Gasteiger partial charge on any atom is 0.220 e. The molecule has 1 N–H and O–H groups in total. The van der Waals surface area contributed by atoms with Crippen molar-refractivity contribution in [2.24, 2.45) is 0 Å². The molecular weight excluding hydrogens is 414 g/mol. The van der Waals surface area contributed by atoms with E-state index in [4.69, 9.17) is 9.47 Å². The molecule has 6 heteroatoms. The number of hydrogen-bond acceptors (Lipinski definition) is 5. The van der Waals surface area contributed by atoms with E-state index in [1.165, 1.54) is 5.56 Å². The zero-order chi connectivity index (χ0) is 23.1. The van der Waals surface area contributed by atoms with Gasteiger partial charge in [-0.1, -0.05) is 42.5 Å². The molecule has 0 aromatic heterocycles. The Hall–Kier alpha value is -2.57. The van der Waals surface area contributed by atoms with Crippen molar-refractivity contribution in [1.82, 2.24) is 15.1 Å². The Balaban J connectivity index is 1.18. The van der Waals surface area contributed by atoms with Crippen LogP contribution in [0.25, 0.3) is 0 Å². The fourth-order valence-corrected chi connectivity index (χ4v) is 4.05. The molecule has 0 saturated carbocycles. The highest BCUT2D eigenvalue weighted by molar-refractivity contribution is 5.75. The van der Waals surface area contributed by atoms with E-state index in [0.29, 0.717) is 26.1 Å². The van der Waals surface area contributed by atoms with E-state index in [1.54, 1.807) is 0 Å². The molecule has 33 heavy (non-hydrogen) atoms. The van der Waals surface area contributed by atoms with Crippen LogP contribution in [-0.2, 0) is 11.3 Å². The minimum atomic E-state index is 0.103. The van der Waals surface area contributed by atoms with Crippen molar-refractivity contribution in [2.75, 3.05) is 52.5 Å². The number of para-hydroxylation sites is 2.